The van der Waals surface area contributed by atoms with Crippen LogP contribution in [0.2, 0.25) is 0 Å². The van der Waals surface area contributed by atoms with E-state index in [4.69, 9.17) is 10.6 Å². The summed E-state index contributed by atoms with van der Waals surface area (Å²) in [5.74, 6) is 5.74. The molecule has 2 aromatic carbocycles. The van der Waals surface area contributed by atoms with Gasteiger partial charge in [-0.1, -0.05) is 29.5 Å². The largest absolute Gasteiger partial charge is 0.489 e. The van der Waals surface area contributed by atoms with E-state index < -0.39 is 0 Å². The Morgan fingerprint density at radius 1 is 1.25 bits per heavy atom. The minimum Gasteiger partial charge on any atom is -0.489 e. The molecule has 3 rings (SSSR count). The van der Waals surface area contributed by atoms with E-state index in [9.17, 15) is 4.39 Å². The normalized spacial score (nSPS) is 10.7. The van der Waals surface area contributed by atoms with Gasteiger partial charge in [0.15, 0.2) is 5.13 Å². The van der Waals surface area contributed by atoms with Crippen molar-refractivity contribution in [1.29, 1.82) is 0 Å². The van der Waals surface area contributed by atoms with Gasteiger partial charge in [-0.05, 0) is 24.3 Å². The van der Waals surface area contributed by atoms with Gasteiger partial charge in [-0.25, -0.2) is 15.2 Å². The van der Waals surface area contributed by atoms with Gasteiger partial charge < -0.3 is 4.74 Å². The number of benzene rings is 2. The third-order valence-electron chi connectivity index (χ3n) is 2.84. The quantitative estimate of drug-likeness (QED) is 0.571. The molecule has 0 aliphatic carbocycles. The molecule has 0 unspecified atom stereocenters. The van der Waals surface area contributed by atoms with Gasteiger partial charge >= 0.3 is 0 Å². The van der Waals surface area contributed by atoms with Crippen LogP contribution in [-0.4, -0.2) is 4.98 Å². The van der Waals surface area contributed by atoms with Crippen molar-refractivity contribution < 1.29 is 9.13 Å². The number of aromatic nitrogens is 1. The summed E-state index contributed by atoms with van der Waals surface area (Å²) < 4.78 is 20.1. The highest BCUT2D eigenvalue weighted by Crippen LogP contribution is 2.29. The molecule has 6 heteroatoms. The molecule has 102 valence electrons. The maximum Gasteiger partial charge on any atom is 0.198 e. The highest BCUT2D eigenvalue weighted by atomic mass is 32.1. The first kappa shape index (κ1) is 12.8. The fraction of sp³-hybridized carbons (Fsp3) is 0.0714. The van der Waals surface area contributed by atoms with Crippen LogP contribution in [0.15, 0.2) is 42.5 Å². The maximum atomic E-state index is 13.5. The van der Waals surface area contributed by atoms with Crippen molar-refractivity contribution in [3.63, 3.8) is 0 Å². The number of hydrazine groups is 1. The highest BCUT2D eigenvalue weighted by Gasteiger charge is 2.05. The van der Waals surface area contributed by atoms with E-state index in [2.05, 4.69) is 10.4 Å². The number of anilines is 1. The van der Waals surface area contributed by atoms with Crippen molar-refractivity contribution in [2.45, 2.75) is 6.61 Å². The number of nitrogen functional groups attached to an aromatic ring is 1. The number of thiazole rings is 1. The summed E-state index contributed by atoms with van der Waals surface area (Å²) in [7, 11) is 0. The number of rotatable bonds is 4. The molecule has 3 aromatic rings. The van der Waals surface area contributed by atoms with Gasteiger partial charge in [0.25, 0.3) is 0 Å². The number of nitrogens with zero attached hydrogens (tertiary/aromatic N) is 1. The maximum absolute atomic E-state index is 13.5. The van der Waals surface area contributed by atoms with Crippen LogP contribution in [0.1, 0.15) is 5.56 Å². The van der Waals surface area contributed by atoms with Crippen LogP contribution in [0.25, 0.3) is 10.2 Å². The second-order valence-corrected chi connectivity index (χ2v) is 5.20. The Kier molecular flexibility index (Phi) is 3.49. The second-order valence-electron chi connectivity index (χ2n) is 4.17. The van der Waals surface area contributed by atoms with Gasteiger partial charge in [0, 0.05) is 5.56 Å². The molecule has 0 aliphatic heterocycles. The van der Waals surface area contributed by atoms with E-state index in [-0.39, 0.29) is 12.4 Å². The fourth-order valence-electron chi connectivity index (χ4n) is 1.83. The summed E-state index contributed by atoms with van der Waals surface area (Å²) in [4.78, 5) is 4.27. The SMILES string of the molecule is NNc1nc2ccc(OCc3ccccc3F)cc2s1. The third kappa shape index (κ3) is 2.56. The number of fused-ring (bicyclic) bond motifs is 1. The predicted molar refractivity (Wildman–Crippen MR) is 78.2 cm³/mol. The monoisotopic (exact) mass is 289 g/mol. The van der Waals surface area contributed by atoms with Crippen molar-refractivity contribution in [3.8, 4) is 5.75 Å². The molecule has 0 aliphatic rings. The lowest BCUT2D eigenvalue weighted by molar-refractivity contribution is 0.300. The molecule has 3 N–H and O–H groups in total. The number of ether oxygens (including phenoxy) is 1. The van der Waals surface area contributed by atoms with E-state index in [0.717, 1.165) is 10.2 Å². The fourth-order valence-corrected chi connectivity index (χ4v) is 2.64. The van der Waals surface area contributed by atoms with Crippen LogP contribution in [0.5, 0.6) is 5.75 Å². The second kappa shape index (κ2) is 5.44. The van der Waals surface area contributed by atoms with E-state index in [1.54, 1.807) is 18.2 Å². The molecule has 1 heterocycles. The Balaban J connectivity index is 1.79. The molecular formula is C14H12FN3OS. The molecule has 0 bridgehead atoms. The molecule has 4 nitrogen and oxygen atoms in total. The topological polar surface area (TPSA) is 60.2 Å². The van der Waals surface area contributed by atoms with Gasteiger partial charge in [0.1, 0.15) is 18.2 Å². The van der Waals surface area contributed by atoms with Gasteiger partial charge in [-0.2, -0.15) is 0 Å². The van der Waals surface area contributed by atoms with Crippen LogP contribution in [0.4, 0.5) is 9.52 Å². The Bertz CT molecular complexity index is 744. The van der Waals surface area contributed by atoms with Gasteiger partial charge in [-0.3, -0.25) is 5.43 Å². The van der Waals surface area contributed by atoms with Crippen LogP contribution >= 0.6 is 11.3 Å². The Morgan fingerprint density at radius 2 is 2.10 bits per heavy atom. The van der Waals surface area contributed by atoms with Gasteiger partial charge in [-0.15, -0.1) is 0 Å². The number of hydrogen-bond acceptors (Lipinski definition) is 5. The van der Waals surface area contributed by atoms with E-state index in [1.807, 2.05) is 18.2 Å². The zero-order chi connectivity index (χ0) is 13.9. The molecule has 1 aromatic heterocycles. The van der Waals surface area contributed by atoms with Gasteiger partial charge in [0.05, 0.1) is 10.2 Å². The first-order chi connectivity index (χ1) is 9.76. The molecule has 0 radical (unpaired) electrons. The van der Waals surface area contributed by atoms with E-state index >= 15 is 0 Å². The number of nitrogens with two attached hydrogens (primary N) is 1. The van der Waals surface area contributed by atoms with Crippen molar-refractivity contribution in [3.05, 3.63) is 53.8 Å². The molecule has 0 fully saturated rings. The standard InChI is InChI=1S/C14H12FN3OS/c15-11-4-2-1-3-9(11)8-19-10-5-6-12-13(7-10)20-14(17-12)18-16/h1-7H,8,16H2,(H,17,18). The summed E-state index contributed by atoms with van der Waals surface area (Å²) in [6, 6.07) is 12.1. The third-order valence-corrected chi connectivity index (χ3v) is 3.78. The van der Waals surface area contributed by atoms with Crippen molar-refractivity contribution in [2.75, 3.05) is 5.43 Å². The average molecular weight is 289 g/mol. The summed E-state index contributed by atoms with van der Waals surface area (Å²) in [5.41, 5.74) is 3.90. The van der Waals surface area contributed by atoms with Gasteiger partial charge in [0.2, 0.25) is 0 Å². The lowest BCUT2D eigenvalue weighted by Gasteiger charge is -2.06. The Hall–Kier alpha value is -2.18. The summed E-state index contributed by atoms with van der Waals surface area (Å²) in [6.07, 6.45) is 0. The zero-order valence-corrected chi connectivity index (χ0v) is 11.3. The zero-order valence-electron chi connectivity index (χ0n) is 10.5. The Morgan fingerprint density at radius 3 is 2.90 bits per heavy atom. The van der Waals surface area contributed by atoms with Crippen molar-refractivity contribution in [2.24, 2.45) is 5.84 Å². The van der Waals surface area contributed by atoms with Crippen molar-refractivity contribution in [1.82, 2.24) is 4.98 Å². The minimum absolute atomic E-state index is 0.193. The molecule has 0 amide bonds. The molecule has 0 spiro atoms. The number of halogens is 1. The number of nitrogens with one attached hydrogen (secondary N) is 1. The predicted octanol–water partition coefficient (Wildman–Crippen LogP) is 3.30. The molecule has 0 saturated heterocycles. The number of hydrogen-bond donors (Lipinski definition) is 2. The van der Waals surface area contributed by atoms with Crippen LogP contribution < -0.4 is 16.0 Å². The molecule has 0 saturated carbocycles. The van der Waals surface area contributed by atoms with Crippen LogP contribution in [-0.2, 0) is 6.61 Å². The van der Waals surface area contributed by atoms with E-state index in [0.29, 0.717) is 16.4 Å². The smallest absolute Gasteiger partial charge is 0.198 e. The summed E-state index contributed by atoms with van der Waals surface area (Å²) in [5, 5.41) is 0.645. The first-order valence-corrected chi connectivity index (χ1v) is 6.81. The van der Waals surface area contributed by atoms with Crippen molar-refractivity contribution >= 4 is 26.7 Å². The Labute approximate surface area is 119 Å². The molecule has 0 atom stereocenters. The van der Waals surface area contributed by atoms with Crippen LogP contribution in [0, 0.1) is 5.82 Å². The molecular weight excluding hydrogens is 277 g/mol. The lowest BCUT2D eigenvalue weighted by atomic mass is 10.2. The summed E-state index contributed by atoms with van der Waals surface area (Å²) >= 11 is 1.43. The average Bonchev–Trinajstić information content (AvgIpc) is 2.88. The van der Waals surface area contributed by atoms with E-state index in [1.165, 1.54) is 17.4 Å². The first-order valence-electron chi connectivity index (χ1n) is 5.99. The molecule has 20 heavy (non-hydrogen) atoms. The lowest BCUT2D eigenvalue weighted by Crippen LogP contribution is -2.05. The highest BCUT2D eigenvalue weighted by molar-refractivity contribution is 7.22. The minimum atomic E-state index is -0.263. The summed E-state index contributed by atoms with van der Waals surface area (Å²) in [6.45, 7) is 0.193. The van der Waals surface area contributed by atoms with Crippen LogP contribution in [0.3, 0.4) is 0 Å².